The van der Waals surface area contributed by atoms with Gasteiger partial charge in [-0.3, -0.25) is 0 Å². The molecule has 0 aromatic heterocycles. The van der Waals surface area contributed by atoms with Gasteiger partial charge in [-0.1, -0.05) is 55.3 Å². The normalized spacial score (nSPS) is 24.2. The molecule has 1 saturated carbocycles. The number of halogens is 2. The molecule has 0 spiro atoms. The van der Waals surface area contributed by atoms with Crippen LogP contribution in [0.3, 0.4) is 0 Å². The highest BCUT2D eigenvalue weighted by Gasteiger charge is 2.34. The zero-order chi connectivity index (χ0) is 20.8. The average molecular weight is 482 g/mol. The summed E-state index contributed by atoms with van der Waals surface area (Å²) in [7, 11) is 2.06. The molecule has 2 fully saturated rings. The summed E-state index contributed by atoms with van der Waals surface area (Å²) in [5.41, 5.74) is 2.51. The van der Waals surface area contributed by atoms with Gasteiger partial charge >= 0.3 is 0 Å². The van der Waals surface area contributed by atoms with E-state index in [-0.39, 0.29) is 30.9 Å². The van der Waals surface area contributed by atoms with Crippen LogP contribution >= 0.6 is 24.8 Å². The first kappa shape index (κ1) is 26.9. The Bertz CT molecular complexity index is 775. The largest absolute Gasteiger partial charge is 0.489 e. The number of ether oxygens (including phenoxy) is 1. The van der Waals surface area contributed by atoms with Crippen LogP contribution in [-0.4, -0.2) is 48.8 Å². The third-order valence-corrected chi connectivity index (χ3v) is 6.99. The summed E-state index contributed by atoms with van der Waals surface area (Å²) in [6.07, 6.45) is 5.49. The van der Waals surface area contributed by atoms with Crippen LogP contribution in [0.25, 0.3) is 0 Å². The molecule has 32 heavy (non-hydrogen) atoms. The number of aliphatic hydroxyl groups excluding tert-OH is 1. The predicted molar refractivity (Wildman–Crippen MR) is 136 cm³/mol. The Balaban J connectivity index is 0.00000181. The SMILES string of the molecule is CN[C@@H]1CCN(CC(c2ccc(OCc3ccccc3)cc2)C2CCCCC2O)C1.Cl.Cl. The topological polar surface area (TPSA) is 44.7 Å². The molecule has 0 amide bonds. The molecule has 4 atom stereocenters. The van der Waals surface area contributed by atoms with E-state index in [2.05, 4.69) is 53.7 Å². The molecule has 0 bridgehead atoms. The highest BCUT2D eigenvalue weighted by Crippen LogP contribution is 2.38. The Morgan fingerprint density at radius 1 is 1.00 bits per heavy atom. The lowest BCUT2D eigenvalue weighted by Crippen LogP contribution is -2.38. The fourth-order valence-corrected chi connectivity index (χ4v) is 5.16. The van der Waals surface area contributed by atoms with Crippen molar-refractivity contribution in [1.29, 1.82) is 0 Å². The van der Waals surface area contributed by atoms with Gasteiger partial charge in [0.2, 0.25) is 0 Å². The van der Waals surface area contributed by atoms with Crippen molar-refractivity contribution in [1.82, 2.24) is 10.2 Å². The summed E-state index contributed by atoms with van der Waals surface area (Å²) >= 11 is 0. The second-order valence-corrected chi connectivity index (χ2v) is 9.00. The first-order valence-electron chi connectivity index (χ1n) is 11.6. The summed E-state index contributed by atoms with van der Waals surface area (Å²) in [5, 5.41) is 14.2. The van der Waals surface area contributed by atoms with E-state index < -0.39 is 0 Å². The quantitative estimate of drug-likeness (QED) is 0.555. The average Bonchev–Trinajstić information content (AvgIpc) is 3.26. The van der Waals surface area contributed by atoms with Gasteiger partial charge in [-0.25, -0.2) is 0 Å². The highest BCUT2D eigenvalue weighted by molar-refractivity contribution is 5.85. The Hall–Kier alpha value is -1.30. The van der Waals surface area contributed by atoms with Crippen LogP contribution < -0.4 is 10.1 Å². The molecular formula is C26H38Cl2N2O2. The molecule has 1 aliphatic heterocycles. The van der Waals surface area contributed by atoms with Gasteiger partial charge in [0.1, 0.15) is 12.4 Å². The molecule has 0 radical (unpaired) electrons. The molecule has 6 heteroatoms. The minimum Gasteiger partial charge on any atom is -0.489 e. The maximum atomic E-state index is 10.8. The number of rotatable bonds is 8. The van der Waals surface area contributed by atoms with Gasteiger partial charge in [-0.2, -0.15) is 0 Å². The number of benzene rings is 2. The predicted octanol–water partition coefficient (Wildman–Crippen LogP) is 5.04. The summed E-state index contributed by atoms with van der Waals surface area (Å²) in [6.45, 7) is 3.87. The van der Waals surface area contributed by atoms with E-state index in [1.807, 2.05) is 18.2 Å². The summed E-state index contributed by atoms with van der Waals surface area (Å²) < 4.78 is 5.99. The molecule has 3 unspecified atom stereocenters. The molecule has 4 rings (SSSR count). The van der Waals surface area contributed by atoms with Crippen LogP contribution in [0.5, 0.6) is 5.75 Å². The minimum absolute atomic E-state index is 0. The van der Waals surface area contributed by atoms with Crippen molar-refractivity contribution >= 4 is 24.8 Å². The first-order chi connectivity index (χ1) is 14.7. The fourth-order valence-electron chi connectivity index (χ4n) is 5.16. The lowest BCUT2D eigenvalue weighted by molar-refractivity contribution is 0.0475. The molecule has 2 aromatic rings. The van der Waals surface area contributed by atoms with Crippen molar-refractivity contribution in [2.45, 2.75) is 56.8 Å². The second kappa shape index (κ2) is 13.4. The van der Waals surface area contributed by atoms with E-state index >= 15 is 0 Å². The van der Waals surface area contributed by atoms with Crippen molar-refractivity contribution in [3.05, 3.63) is 65.7 Å². The zero-order valence-corrected chi connectivity index (χ0v) is 20.6. The fraction of sp³-hybridized carbons (Fsp3) is 0.538. The summed E-state index contributed by atoms with van der Waals surface area (Å²) in [4.78, 5) is 2.58. The van der Waals surface area contributed by atoms with Gasteiger partial charge in [-0.05, 0) is 62.0 Å². The number of nitrogens with zero attached hydrogens (tertiary/aromatic N) is 1. The van der Waals surface area contributed by atoms with E-state index in [1.165, 1.54) is 24.0 Å². The number of hydrogen-bond acceptors (Lipinski definition) is 4. The van der Waals surface area contributed by atoms with E-state index in [1.54, 1.807) is 0 Å². The molecule has 2 aromatic carbocycles. The van der Waals surface area contributed by atoms with Crippen LogP contribution in [-0.2, 0) is 6.61 Å². The van der Waals surface area contributed by atoms with Gasteiger partial charge in [0.05, 0.1) is 6.10 Å². The van der Waals surface area contributed by atoms with Crippen LogP contribution in [0.4, 0.5) is 0 Å². The van der Waals surface area contributed by atoms with E-state index in [0.717, 1.165) is 44.6 Å². The molecule has 1 aliphatic carbocycles. The monoisotopic (exact) mass is 480 g/mol. The van der Waals surface area contributed by atoms with Gasteiger partial charge in [0.25, 0.3) is 0 Å². The Morgan fingerprint density at radius 2 is 1.72 bits per heavy atom. The van der Waals surface area contributed by atoms with Gasteiger partial charge in [0, 0.05) is 25.0 Å². The summed E-state index contributed by atoms with van der Waals surface area (Å²) in [5.74, 6) is 1.63. The maximum Gasteiger partial charge on any atom is 0.119 e. The number of likely N-dealkylation sites (N-methyl/N-ethyl adjacent to an activating group) is 1. The first-order valence-corrected chi connectivity index (χ1v) is 11.6. The van der Waals surface area contributed by atoms with Crippen molar-refractivity contribution < 1.29 is 9.84 Å². The van der Waals surface area contributed by atoms with Crippen molar-refractivity contribution in [2.75, 3.05) is 26.7 Å². The molecule has 178 valence electrons. The summed E-state index contributed by atoms with van der Waals surface area (Å²) in [6, 6.07) is 19.5. The second-order valence-electron chi connectivity index (χ2n) is 9.00. The third-order valence-electron chi connectivity index (χ3n) is 6.99. The van der Waals surface area contributed by atoms with Crippen LogP contribution in [0.1, 0.15) is 49.1 Å². The molecule has 4 nitrogen and oxygen atoms in total. The number of likely N-dealkylation sites (tertiary alicyclic amines) is 1. The van der Waals surface area contributed by atoms with Crippen molar-refractivity contribution in [3.63, 3.8) is 0 Å². The van der Waals surface area contributed by atoms with Gasteiger partial charge in [0.15, 0.2) is 0 Å². The van der Waals surface area contributed by atoms with E-state index in [4.69, 9.17) is 4.74 Å². The lowest BCUT2D eigenvalue weighted by atomic mass is 9.74. The maximum absolute atomic E-state index is 10.8. The van der Waals surface area contributed by atoms with E-state index in [9.17, 15) is 5.11 Å². The Morgan fingerprint density at radius 3 is 2.38 bits per heavy atom. The third kappa shape index (κ3) is 7.10. The number of aliphatic hydroxyl groups is 1. The van der Waals surface area contributed by atoms with Crippen LogP contribution in [0.2, 0.25) is 0 Å². The standard InChI is InChI=1S/C26H36N2O2.2ClH/c1-27-22-15-16-28(17-22)18-25(24-9-5-6-10-26(24)29)21-11-13-23(14-12-21)30-19-20-7-3-2-4-8-20;;/h2-4,7-8,11-14,22,24-27,29H,5-6,9-10,15-19H2,1H3;2*1H/t22-,24?,25?,26?;;/m1../s1. The molecule has 1 heterocycles. The molecular weight excluding hydrogens is 443 g/mol. The molecule has 2 aliphatic rings. The van der Waals surface area contributed by atoms with Gasteiger partial charge in [-0.15, -0.1) is 24.8 Å². The Labute approximate surface area is 205 Å². The lowest BCUT2D eigenvalue weighted by Gasteiger charge is -2.37. The molecule has 2 N–H and O–H groups in total. The van der Waals surface area contributed by atoms with Crippen LogP contribution in [0, 0.1) is 5.92 Å². The zero-order valence-electron chi connectivity index (χ0n) is 19.0. The van der Waals surface area contributed by atoms with Crippen LogP contribution in [0.15, 0.2) is 54.6 Å². The molecule has 1 saturated heterocycles. The number of nitrogens with one attached hydrogen (secondary N) is 1. The minimum atomic E-state index is -0.180. The van der Waals surface area contributed by atoms with E-state index in [0.29, 0.717) is 24.5 Å². The van der Waals surface area contributed by atoms with Gasteiger partial charge < -0.3 is 20.1 Å². The van der Waals surface area contributed by atoms with Crippen molar-refractivity contribution in [2.24, 2.45) is 5.92 Å². The Kier molecular flexibility index (Phi) is 11.3. The number of hydrogen-bond donors (Lipinski definition) is 2. The highest BCUT2D eigenvalue weighted by atomic mass is 35.5. The smallest absolute Gasteiger partial charge is 0.119 e. The van der Waals surface area contributed by atoms with Crippen molar-refractivity contribution in [3.8, 4) is 5.75 Å².